The quantitative estimate of drug-likeness (QED) is 0.339. The minimum atomic E-state index is -0.522. The first kappa shape index (κ1) is 33.1. The van der Waals surface area contributed by atoms with Gasteiger partial charge in [-0.25, -0.2) is 13.6 Å². The zero-order valence-electron chi connectivity index (χ0n) is 26.8. The Bertz CT molecular complexity index is 1360. The average molecular weight is 628 g/mol. The summed E-state index contributed by atoms with van der Waals surface area (Å²) in [4.78, 5) is 28.6. The molecule has 2 heterocycles. The molecule has 2 aromatic rings. The zero-order valence-corrected chi connectivity index (χ0v) is 26.8. The fraction of sp³-hybridized carbons (Fsp3) is 0.600. The van der Waals surface area contributed by atoms with E-state index in [2.05, 4.69) is 23.6 Å². The van der Waals surface area contributed by atoms with Crippen molar-refractivity contribution in [1.29, 1.82) is 0 Å². The van der Waals surface area contributed by atoms with E-state index in [1.807, 2.05) is 0 Å². The van der Waals surface area contributed by atoms with E-state index < -0.39 is 23.5 Å². The molecule has 2 aliphatic carbocycles. The van der Waals surface area contributed by atoms with Crippen LogP contribution in [0.25, 0.3) is 0 Å². The number of nitrogens with two attached hydrogens (primary N) is 1. The highest BCUT2D eigenvalue weighted by atomic mass is 19.1. The monoisotopic (exact) mass is 627 g/mol. The molecule has 8 nitrogen and oxygen atoms in total. The maximum atomic E-state index is 14.0. The van der Waals surface area contributed by atoms with Crippen molar-refractivity contribution in [1.82, 2.24) is 9.80 Å². The SMILES string of the molecule is CCCN(C1CCC1)[C@H]1COc2c(F)ccc(C(=O)OC)c2C1.CCCN(C1CCC1)[C@H]1COc2c(F)ccc(C(N)=O)c2C1. The Balaban J connectivity index is 0.000000178. The van der Waals surface area contributed by atoms with Gasteiger partial charge in [0.25, 0.3) is 0 Å². The lowest BCUT2D eigenvalue weighted by molar-refractivity contribution is 0.0422. The van der Waals surface area contributed by atoms with E-state index in [-0.39, 0.29) is 23.6 Å². The minimum absolute atomic E-state index is 0.192. The minimum Gasteiger partial charge on any atom is -0.489 e. The normalized spacial score (nSPS) is 20.9. The van der Waals surface area contributed by atoms with Gasteiger partial charge in [0.05, 0.1) is 12.7 Å². The molecule has 0 aromatic heterocycles. The summed E-state index contributed by atoms with van der Waals surface area (Å²) in [5.74, 6) is -1.35. The number of carbonyl (C=O) groups is 2. The second-order valence-corrected chi connectivity index (χ2v) is 12.6. The van der Waals surface area contributed by atoms with Gasteiger partial charge in [0, 0.05) is 40.9 Å². The molecule has 1 amide bonds. The van der Waals surface area contributed by atoms with Crippen LogP contribution in [0, 0.1) is 11.6 Å². The van der Waals surface area contributed by atoms with Crippen molar-refractivity contribution in [2.24, 2.45) is 5.73 Å². The molecule has 45 heavy (non-hydrogen) atoms. The van der Waals surface area contributed by atoms with Gasteiger partial charge in [-0.05, 0) is 88.7 Å². The Morgan fingerprint density at radius 3 is 1.60 bits per heavy atom. The molecule has 6 rings (SSSR count). The molecular formula is C35H47F2N3O5. The molecule has 2 fully saturated rings. The van der Waals surface area contributed by atoms with Crippen LogP contribution in [-0.2, 0) is 17.6 Å². The predicted molar refractivity (Wildman–Crippen MR) is 168 cm³/mol. The van der Waals surface area contributed by atoms with Crippen LogP contribution >= 0.6 is 0 Å². The Morgan fingerprint density at radius 2 is 1.22 bits per heavy atom. The van der Waals surface area contributed by atoms with E-state index in [9.17, 15) is 18.4 Å². The average Bonchev–Trinajstić information content (AvgIpc) is 2.98. The van der Waals surface area contributed by atoms with Crippen LogP contribution in [-0.4, -0.2) is 79.3 Å². The van der Waals surface area contributed by atoms with E-state index in [4.69, 9.17) is 19.9 Å². The van der Waals surface area contributed by atoms with Gasteiger partial charge in [-0.15, -0.1) is 0 Å². The van der Waals surface area contributed by atoms with E-state index >= 15 is 0 Å². The molecule has 4 aliphatic rings. The number of nitrogens with zero attached hydrogens (tertiary/aromatic N) is 2. The van der Waals surface area contributed by atoms with E-state index in [0.29, 0.717) is 60.4 Å². The summed E-state index contributed by atoms with van der Waals surface area (Å²) in [7, 11) is 1.34. The Hall–Kier alpha value is -3.24. The van der Waals surface area contributed by atoms with Crippen molar-refractivity contribution in [3.63, 3.8) is 0 Å². The van der Waals surface area contributed by atoms with Crippen LogP contribution in [0.15, 0.2) is 24.3 Å². The summed E-state index contributed by atoms with van der Waals surface area (Å²) in [5, 5.41) is 0. The molecule has 0 saturated heterocycles. The lowest BCUT2D eigenvalue weighted by Gasteiger charge is -2.44. The summed E-state index contributed by atoms with van der Waals surface area (Å²) >= 11 is 0. The van der Waals surface area contributed by atoms with Crippen molar-refractivity contribution in [3.05, 3.63) is 58.2 Å². The van der Waals surface area contributed by atoms with Crippen molar-refractivity contribution in [2.45, 2.75) is 102 Å². The van der Waals surface area contributed by atoms with Crippen LogP contribution in [0.4, 0.5) is 8.78 Å². The number of rotatable bonds is 10. The molecule has 0 bridgehead atoms. The van der Waals surface area contributed by atoms with Crippen LogP contribution in [0.5, 0.6) is 11.5 Å². The topological polar surface area (TPSA) is 94.3 Å². The van der Waals surface area contributed by atoms with Crippen LogP contribution in [0.2, 0.25) is 0 Å². The molecule has 246 valence electrons. The number of fused-ring (bicyclic) bond motifs is 2. The van der Waals surface area contributed by atoms with E-state index in [1.165, 1.54) is 69.9 Å². The van der Waals surface area contributed by atoms with Gasteiger partial charge in [-0.3, -0.25) is 14.6 Å². The molecule has 10 heteroatoms. The summed E-state index contributed by atoms with van der Waals surface area (Å²) in [6.07, 6.45) is 10.8. The van der Waals surface area contributed by atoms with Crippen LogP contribution in [0.1, 0.15) is 97.1 Å². The molecule has 2 atom stereocenters. The lowest BCUT2D eigenvalue weighted by Crippen LogP contribution is -2.51. The largest absolute Gasteiger partial charge is 0.489 e. The van der Waals surface area contributed by atoms with Gasteiger partial charge < -0.3 is 19.9 Å². The van der Waals surface area contributed by atoms with Gasteiger partial charge in [0.1, 0.15) is 13.2 Å². The second kappa shape index (κ2) is 14.9. The molecule has 0 radical (unpaired) electrons. The third kappa shape index (κ3) is 7.12. The highest BCUT2D eigenvalue weighted by Crippen LogP contribution is 2.37. The smallest absolute Gasteiger partial charge is 0.338 e. The number of ether oxygens (including phenoxy) is 3. The molecule has 0 unspecified atom stereocenters. The summed E-state index contributed by atoms with van der Waals surface area (Å²) in [6.45, 7) is 7.31. The van der Waals surface area contributed by atoms with Crippen molar-refractivity contribution < 1.29 is 32.6 Å². The maximum Gasteiger partial charge on any atom is 0.338 e. The highest BCUT2D eigenvalue weighted by Gasteiger charge is 2.36. The second-order valence-electron chi connectivity index (χ2n) is 12.6. The summed E-state index contributed by atoms with van der Waals surface area (Å²) in [6, 6.07) is 7.09. The molecule has 0 spiro atoms. The number of methoxy groups -OCH3 is 1. The number of esters is 1. The Labute approximate surface area is 265 Å². The van der Waals surface area contributed by atoms with Crippen molar-refractivity contribution >= 4 is 11.9 Å². The van der Waals surface area contributed by atoms with Gasteiger partial charge in [-0.2, -0.15) is 0 Å². The van der Waals surface area contributed by atoms with Gasteiger partial charge in [0.2, 0.25) is 5.91 Å². The fourth-order valence-electron chi connectivity index (χ4n) is 7.10. The Morgan fingerprint density at radius 1 is 0.778 bits per heavy atom. The standard InChI is InChI=1S/C18H24FNO3.C17H23FN2O2/c1-3-9-20(12-5-4-6-12)13-10-15-14(18(21)22-2)7-8-16(19)17(15)23-11-13;1-2-8-20(11-4-3-5-11)12-9-14-13(17(19)21)6-7-15(18)16(14)22-10-12/h7-8,12-13H,3-6,9-11H2,1-2H3;6-7,11-12H,2-5,8-10H2,1H3,(H2,19,21)/t13-;12-/m11/s1. The summed E-state index contributed by atoms with van der Waals surface area (Å²) in [5.41, 5.74) is 7.51. The number of carbonyl (C=O) groups excluding carboxylic acids is 2. The first-order valence-electron chi connectivity index (χ1n) is 16.5. The maximum absolute atomic E-state index is 14.0. The van der Waals surface area contributed by atoms with Crippen molar-refractivity contribution in [3.8, 4) is 11.5 Å². The number of benzene rings is 2. The molecule has 2 aromatic carbocycles. The molecule has 2 N–H and O–H groups in total. The number of amides is 1. The van der Waals surface area contributed by atoms with Gasteiger partial charge in [0.15, 0.2) is 23.1 Å². The van der Waals surface area contributed by atoms with Gasteiger partial charge in [-0.1, -0.05) is 26.7 Å². The molecule has 2 aliphatic heterocycles. The number of hydrogen-bond acceptors (Lipinski definition) is 7. The zero-order chi connectivity index (χ0) is 32.1. The molecule has 2 saturated carbocycles. The number of halogens is 2. The van der Waals surface area contributed by atoms with E-state index in [0.717, 1.165) is 25.9 Å². The number of primary amides is 1. The lowest BCUT2D eigenvalue weighted by atomic mass is 9.88. The Kier molecular flexibility index (Phi) is 11.0. The fourth-order valence-corrected chi connectivity index (χ4v) is 7.10. The molecular weight excluding hydrogens is 580 g/mol. The van der Waals surface area contributed by atoms with Gasteiger partial charge >= 0.3 is 5.97 Å². The predicted octanol–water partition coefficient (Wildman–Crippen LogP) is 5.67. The first-order chi connectivity index (χ1) is 21.8. The van der Waals surface area contributed by atoms with Crippen LogP contribution < -0.4 is 15.2 Å². The van der Waals surface area contributed by atoms with Crippen LogP contribution in [0.3, 0.4) is 0 Å². The first-order valence-corrected chi connectivity index (χ1v) is 16.5. The van der Waals surface area contributed by atoms with Crippen molar-refractivity contribution in [2.75, 3.05) is 33.4 Å². The third-order valence-electron chi connectivity index (χ3n) is 9.80. The van der Waals surface area contributed by atoms with E-state index in [1.54, 1.807) is 0 Å². The third-order valence-corrected chi connectivity index (χ3v) is 9.80. The summed E-state index contributed by atoms with van der Waals surface area (Å²) < 4.78 is 44.2. The highest BCUT2D eigenvalue weighted by molar-refractivity contribution is 5.95. The number of hydrogen-bond donors (Lipinski definition) is 1.